The van der Waals surface area contributed by atoms with Crippen LogP contribution in [0.5, 0.6) is 0 Å². The van der Waals surface area contributed by atoms with E-state index in [1.165, 1.54) is 11.3 Å². The Bertz CT molecular complexity index is 829. The van der Waals surface area contributed by atoms with Gasteiger partial charge < -0.3 is 10.6 Å². The summed E-state index contributed by atoms with van der Waals surface area (Å²) < 4.78 is 1.77. The molecule has 2 amide bonds. The molecule has 0 fully saturated rings. The standard InChI is InChI=1S/C18H18N4O2S/c23-17(8-10-19-18(24)16-7-3-12-25-16)20-13-14-5-1-2-6-15(14)22-11-4-9-21-22/h1-7,9,11-12H,8,10,13H2,(H,19,24)(H,20,23). The average molecular weight is 354 g/mol. The van der Waals surface area contributed by atoms with Crippen molar-refractivity contribution in [2.45, 2.75) is 13.0 Å². The maximum atomic E-state index is 12.0. The predicted molar refractivity (Wildman–Crippen MR) is 96.7 cm³/mol. The highest BCUT2D eigenvalue weighted by Crippen LogP contribution is 2.13. The SMILES string of the molecule is O=C(CCNC(=O)c1cccs1)NCc1ccccc1-n1cccn1. The van der Waals surface area contributed by atoms with Crippen LogP contribution in [0, 0.1) is 0 Å². The van der Waals surface area contributed by atoms with Gasteiger partial charge in [-0.3, -0.25) is 9.59 Å². The van der Waals surface area contributed by atoms with Gasteiger partial charge in [0.15, 0.2) is 0 Å². The number of thiophene rings is 1. The third-order valence-electron chi connectivity index (χ3n) is 3.60. The molecule has 2 N–H and O–H groups in total. The molecule has 7 heteroatoms. The van der Waals surface area contributed by atoms with E-state index in [1.807, 2.05) is 48.0 Å². The lowest BCUT2D eigenvalue weighted by atomic mass is 10.1. The number of hydrogen-bond acceptors (Lipinski definition) is 4. The van der Waals surface area contributed by atoms with Crippen molar-refractivity contribution >= 4 is 23.2 Å². The first-order valence-corrected chi connectivity index (χ1v) is 8.78. The summed E-state index contributed by atoms with van der Waals surface area (Å²) >= 11 is 1.38. The van der Waals surface area contributed by atoms with Gasteiger partial charge in [-0.1, -0.05) is 24.3 Å². The molecule has 0 saturated carbocycles. The van der Waals surface area contributed by atoms with Crippen LogP contribution in [0.25, 0.3) is 5.69 Å². The number of hydrogen-bond donors (Lipinski definition) is 2. The lowest BCUT2D eigenvalue weighted by molar-refractivity contribution is -0.121. The zero-order valence-electron chi connectivity index (χ0n) is 13.5. The van der Waals surface area contributed by atoms with Crippen molar-refractivity contribution in [3.05, 3.63) is 70.7 Å². The van der Waals surface area contributed by atoms with E-state index in [4.69, 9.17) is 0 Å². The number of carbonyl (C=O) groups excluding carboxylic acids is 2. The van der Waals surface area contributed by atoms with E-state index in [1.54, 1.807) is 16.9 Å². The van der Waals surface area contributed by atoms with Crippen LogP contribution in [0.3, 0.4) is 0 Å². The third kappa shape index (κ3) is 4.54. The van der Waals surface area contributed by atoms with Gasteiger partial charge in [-0.15, -0.1) is 11.3 Å². The quantitative estimate of drug-likeness (QED) is 0.684. The molecular formula is C18H18N4O2S. The minimum absolute atomic E-state index is 0.109. The van der Waals surface area contributed by atoms with Crippen LogP contribution in [-0.2, 0) is 11.3 Å². The number of aromatic nitrogens is 2. The van der Waals surface area contributed by atoms with Crippen LogP contribution in [0.2, 0.25) is 0 Å². The van der Waals surface area contributed by atoms with Crippen LogP contribution >= 0.6 is 11.3 Å². The number of nitrogens with one attached hydrogen (secondary N) is 2. The summed E-state index contributed by atoms with van der Waals surface area (Å²) in [6.45, 7) is 0.719. The van der Waals surface area contributed by atoms with Crippen molar-refractivity contribution in [1.82, 2.24) is 20.4 Å². The van der Waals surface area contributed by atoms with E-state index < -0.39 is 0 Å². The second-order valence-corrected chi connectivity index (χ2v) is 6.29. The van der Waals surface area contributed by atoms with Gasteiger partial charge in [0.05, 0.1) is 10.6 Å². The predicted octanol–water partition coefficient (Wildman–Crippen LogP) is 2.37. The Morgan fingerprint density at radius 3 is 2.72 bits per heavy atom. The van der Waals surface area contributed by atoms with Gasteiger partial charge in [0, 0.05) is 31.9 Å². The van der Waals surface area contributed by atoms with Gasteiger partial charge in [0.2, 0.25) is 5.91 Å². The van der Waals surface area contributed by atoms with E-state index in [0.717, 1.165) is 11.3 Å². The number of nitrogens with zero attached hydrogens (tertiary/aromatic N) is 2. The lowest BCUT2D eigenvalue weighted by Gasteiger charge is -2.11. The Morgan fingerprint density at radius 2 is 1.96 bits per heavy atom. The topological polar surface area (TPSA) is 76.0 Å². The van der Waals surface area contributed by atoms with Crippen LogP contribution in [0.1, 0.15) is 21.7 Å². The molecule has 0 aliphatic rings. The number of benzene rings is 1. The summed E-state index contributed by atoms with van der Waals surface area (Å²) in [5.74, 6) is -0.256. The molecule has 0 aliphatic carbocycles. The maximum Gasteiger partial charge on any atom is 0.261 e. The lowest BCUT2D eigenvalue weighted by Crippen LogP contribution is -2.30. The molecule has 0 aliphatic heterocycles. The molecule has 3 aromatic rings. The monoisotopic (exact) mass is 354 g/mol. The summed E-state index contributed by atoms with van der Waals surface area (Å²) in [6.07, 6.45) is 3.81. The van der Waals surface area contributed by atoms with Gasteiger partial charge in [0.25, 0.3) is 5.91 Å². The molecular weight excluding hydrogens is 336 g/mol. The summed E-state index contributed by atoms with van der Waals surface area (Å²) in [4.78, 5) is 24.4. The largest absolute Gasteiger partial charge is 0.352 e. The zero-order valence-corrected chi connectivity index (χ0v) is 14.3. The summed E-state index contributed by atoms with van der Waals surface area (Å²) in [5, 5.41) is 11.7. The molecule has 2 heterocycles. The number of rotatable bonds is 7. The van der Waals surface area contributed by atoms with Gasteiger partial charge in [-0.2, -0.15) is 5.10 Å². The van der Waals surface area contributed by atoms with E-state index in [2.05, 4.69) is 15.7 Å². The first kappa shape index (κ1) is 16.9. The molecule has 0 spiro atoms. The Kier molecular flexibility index (Phi) is 5.58. The minimum atomic E-state index is -0.146. The first-order chi connectivity index (χ1) is 12.2. The molecule has 6 nitrogen and oxygen atoms in total. The van der Waals surface area contributed by atoms with Crippen LogP contribution in [0.15, 0.2) is 60.2 Å². The minimum Gasteiger partial charge on any atom is -0.352 e. The molecule has 0 radical (unpaired) electrons. The fourth-order valence-corrected chi connectivity index (χ4v) is 3.00. The highest BCUT2D eigenvalue weighted by molar-refractivity contribution is 7.12. The van der Waals surface area contributed by atoms with Crippen LogP contribution in [-0.4, -0.2) is 28.1 Å². The van der Waals surface area contributed by atoms with Gasteiger partial charge in [-0.25, -0.2) is 4.68 Å². The molecule has 0 saturated heterocycles. The van der Waals surface area contributed by atoms with Gasteiger partial charge >= 0.3 is 0 Å². The van der Waals surface area contributed by atoms with Crippen molar-refractivity contribution in [2.75, 3.05) is 6.54 Å². The number of amides is 2. The van der Waals surface area contributed by atoms with Crippen molar-refractivity contribution in [3.63, 3.8) is 0 Å². The molecule has 0 bridgehead atoms. The zero-order chi connectivity index (χ0) is 17.5. The smallest absolute Gasteiger partial charge is 0.261 e. The molecule has 0 atom stereocenters. The van der Waals surface area contributed by atoms with E-state index >= 15 is 0 Å². The van der Waals surface area contributed by atoms with Crippen molar-refractivity contribution in [1.29, 1.82) is 0 Å². The highest BCUT2D eigenvalue weighted by Gasteiger charge is 2.09. The van der Waals surface area contributed by atoms with Crippen molar-refractivity contribution < 1.29 is 9.59 Å². The molecule has 1 aromatic carbocycles. The Hall–Kier alpha value is -2.93. The summed E-state index contributed by atoms with van der Waals surface area (Å²) in [7, 11) is 0. The van der Waals surface area contributed by atoms with Gasteiger partial charge in [0.1, 0.15) is 0 Å². The second kappa shape index (κ2) is 8.25. The Morgan fingerprint density at radius 1 is 1.08 bits per heavy atom. The fourth-order valence-electron chi connectivity index (χ4n) is 2.36. The van der Waals surface area contributed by atoms with Crippen molar-refractivity contribution in [3.8, 4) is 5.69 Å². The summed E-state index contributed by atoms with van der Waals surface area (Å²) in [5.41, 5.74) is 1.90. The second-order valence-electron chi connectivity index (χ2n) is 5.34. The van der Waals surface area contributed by atoms with Crippen molar-refractivity contribution in [2.24, 2.45) is 0 Å². The normalized spacial score (nSPS) is 10.4. The number of carbonyl (C=O) groups is 2. The molecule has 2 aromatic heterocycles. The Balaban J connectivity index is 1.47. The average Bonchev–Trinajstić information content (AvgIpc) is 3.33. The maximum absolute atomic E-state index is 12.0. The highest BCUT2D eigenvalue weighted by atomic mass is 32.1. The van der Waals surface area contributed by atoms with E-state index in [-0.39, 0.29) is 18.2 Å². The van der Waals surface area contributed by atoms with Crippen LogP contribution in [0.4, 0.5) is 0 Å². The first-order valence-electron chi connectivity index (χ1n) is 7.90. The molecule has 3 rings (SSSR count). The Labute approximate surface area is 149 Å². The fraction of sp³-hybridized carbons (Fsp3) is 0.167. The van der Waals surface area contributed by atoms with Crippen LogP contribution < -0.4 is 10.6 Å². The number of para-hydroxylation sites is 1. The van der Waals surface area contributed by atoms with E-state index in [9.17, 15) is 9.59 Å². The third-order valence-corrected chi connectivity index (χ3v) is 4.47. The molecule has 25 heavy (non-hydrogen) atoms. The van der Waals surface area contributed by atoms with E-state index in [0.29, 0.717) is 18.0 Å². The molecule has 128 valence electrons. The van der Waals surface area contributed by atoms with Gasteiger partial charge in [-0.05, 0) is 29.1 Å². The summed E-state index contributed by atoms with van der Waals surface area (Å²) in [6, 6.07) is 13.2. The molecule has 0 unspecified atom stereocenters.